The molecule has 1 unspecified atom stereocenters. The molecule has 1 heterocycles. The van der Waals surface area contributed by atoms with E-state index in [4.69, 9.17) is 11.6 Å². The molecule has 146 valence electrons. The molecule has 0 saturated heterocycles. The highest BCUT2D eigenvalue weighted by molar-refractivity contribution is 8.00. The summed E-state index contributed by atoms with van der Waals surface area (Å²) in [5.41, 5.74) is 1.52. The van der Waals surface area contributed by atoms with E-state index in [-0.39, 0.29) is 16.7 Å². The predicted octanol–water partition coefficient (Wildman–Crippen LogP) is 4.65. The first kappa shape index (κ1) is 20.3. The highest BCUT2D eigenvalue weighted by atomic mass is 35.5. The minimum Gasteiger partial charge on any atom is -0.319 e. The number of nitrogens with zero attached hydrogens (tertiary/aromatic N) is 2. The molecule has 0 aliphatic carbocycles. The molecule has 5 nitrogen and oxygen atoms in total. The quantitative estimate of drug-likeness (QED) is 0.596. The van der Waals surface area contributed by atoms with Crippen molar-refractivity contribution in [3.05, 3.63) is 75.7 Å². The number of rotatable bonds is 6. The molecule has 0 bridgehead atoms. The molecule has 0 aliphatic heterocycles. The highest BCUT2D eigenvalue weighted by Crippen LogP contribution is 2.27. The molecule has 1 N–H and O–H groups in total. The molecule has 3 aromatic rings. The third-order valence-electron chi connectivity index (χ3n) is 4.56. The van der Waals surface area contributed by atoms with Gasteiger partial charge in [0.15, 0.2) is 0 Å². The third-order valence-corrected chi connectivity index (χ3v) is 6.19. The minimum absolute atomic E-state index is 0.187. The van der Waals surface area contributed by atoms with Gasteiger partial charge in [0.1, 0.15) is 5.69 Å². The van der Waals surface area contributed by atoms with Crippen molar-refractivity contribution in [2.45, 2.75) is 30.4 Å². The van der Waals surface area contributed by atoms with Gasteiger partial charge in [0, 0.05) is 17.0 Å². The van der Waals surface area contributed by atoms with Crippen LogP contribution in [0.5, 0.6) is 0 Å². The van der Waals surface area contributed by atoms with Gasteiger partial charge >= 0.3 is 0 Å². The van der Waals surface area contributed by atoms with E-state index in [1.165, 1.54) is 11.8 Å². The minimum atomic E-state index is -0.314. The van der Waals surface area contributed by atoms with Crippen LogP contribution in [0.2, 0.25) is 5.02 Å². The first-order chi connectivity index (χ1) is 13.4. The summed E-state index contributed by atoms with van der Waals surface area (Å²) >= 11 is 7.38. The van der Waals surface area contributed by atoms with Gasteiger partial charge < -0.3 is 5.32 Å². The Balaban J connectivity index is 1.85. The Morgan fingerprint density at radius 3 is 2.39 bits per heavy atom. The maximum Gasteiger partial charge on any atom is 0.295 e. The first-order valence-corrected chi connectivity index (χ1v) is 10.2. The van der Waals surface area contributed by atoms with E-state index in [0.717, 1.165) is 10.6 Å². The Morgan fingerprint density at radius 2 is 1.79 bits per heavy atom. The Bertz CT molecular complexity index is 1030. The second kappa shape index (κ2) is 8.71. The lowest BCUT2D eigenvalue weighted by Crippen LogP contribution is -2.28. The number of carbonyl (C=O) groups is 1. The first-order valence-electron chi connectivity index (χ1n) is 8.99. The number of hydrogen-bond donors (Lipinski definition) is 1. The van der Waals surface area contributed by atoms with E-state index in [9.17, 15) is 9.59 Å². The Morgan fingerprint density at radius 1 is 1.14 bits per heavy atom. The van der Waals surface area contributed by atoms with Crippen LogP contribution in [0.3, 0.4) is 0 Å². The van der Waals surface area contributed by atoms with Gasteiger partial charge in [-0.15, -0.1) is 11.8 Å². The van der Waals surface area contributed by atoms with Crippen LogP contribution in [0.25, 0.3) is 5.69 Å². The summed E-state index contributed by atoms with van der Waals surface area (Å²) in [4.78, 5) is 26.8. The van der Waals surface area contributed by atoms with Gasteiger partial charge in [-0.05, 0) is 49.7 Å². The summed E-state index contributed by atoms with van der Waals surface area (Å²) in [6, 6.07) is 16.7. The van der Waals surface area contributed by atoms with Crippen LogP contribution in [0.1, 0.15) is 19.0 Å². The standard InChI is InChI=1S/C21H22ClN3O2S/c1-4-18(28-17-12-10-15(22)11-13-17)20(26)23-19-14(2)24(3)25(21(19)27)16-8-6-5-7-9-16/h5-13,18H,4H2,1-3H3,(H,23,26). The lowest BCUT2D eigenvalue weighted by atomic mass is 10.3. The van der Waals surface area contributed by atoms with E-state index in [1.807, 2.05) is 56.3 Å². The summed E-state index contributed by atoms with van der Waals surface area (Å²) in [7, 11) is 1.80. The second-order valence-electron chi connectivity index (χ2n) is 6.39. The zero-order valence-electron chi connectivity index (χ0n) is 16.0. The molecule has 0 fully saturated rings. The number of nitrogens with one attached hydrogen (secondary N) is 1. The Hall–Kier alpha value is -2.44. The predicted molar refractivity (Wildman–Crippen MR) is 116 cm³/mol. The molecule has 0 spiro atoms. The van der Waals surface area contributed by atoms with Gasteiger partial charge in [0.2, 0.25) is 5.91 Å². The van der Waals surface area contributed by atoms with Gasteiger partial charge in [0.25, 0.3) is 5.56 Å². The summed E-state index contributed by atoms with van der Waals surface area (Å²) in [6.07, 6.45) is 0.637. The van der Waals surface area contributed by atoms with E-state index in [0.29, 0.717) is 22.8 Å². The molecule has 0 saturated carbocycles. The maximum absolute atomic E-state index is 13.0. The number of carbonyl (C=O) groups excluding carboxylic acids is 1. The van der Waals surface area contributed by atoms with Gasteiger partial charge in [-0.3, -0.25) is 14.3 Å². The lowest BCUT2D eigenvalue weighted by molar-refractivity contribution is -0.115. The summed E-state index contributed by atoms with van der Waals surface area (Å²) < 4.78 is 3.30. The average molecular weight is 416 g/mol. The largest absolute Gasteiger partial charge is 0.319 e. The van der Waals surface area contributed by atoms with Crippen molar-refractivity contribution >= 4 is 35.0 Å². The van der Waals surface area contributed by atoms with E-state index in [1.54, 1.807) is 28.5 Å². The topological polar surface area (TPSA) is 56.0 Å². The molecule has 0 aliphatic rings. The van der Waals surface area contributed by atoms with Crippen LogP contribution >= 0.6 is 23.4 Å². The van der Waals surface area contributed by atoms with Crippen molar-refractivity contribution in [2.75, 3.05) is 5.32 Å². The van der Waals surface area contributed by atoms with E-state index < -0.39 is 0 Å². The molecule has 3 rings (SSSR count). The zero-order valence-corrected chi connectivity index (χ0v) is 17.6. The number of para-hydroxylation sites is 1. The van der Waals surface area contributed by atoms with Crippen LogP contribution in [0.4, 0.5) is 5.69 Å². The summed E-state index contributed by atoms with van der Waals surface area (Å²) in [5.74, 6) is -0.187. The lowest BCUT2D eigenvalue weighted by Gasteiger charge is -2.14. The number of amides is 1. The number of benzene rings is 2. The maximum atomic E-state index is 13.0. The fourth-order valence-electron chi connectivity index (χ4n) is 2.92. The normalized spacial score (nSPS) is 12.0. The van der Waals surface area contributed by atoms with Crippen molar-refractivity contribution in [1.82, 2.24) is 9.36 Å². The van der Waals surface area contributed by atoms with E-state index >= 15 is 0 Å². The van der Waals surface area contributed by atoms with Gasteiger partial charge in [-0.25, -0.2) is 4.68 Å². The third kappa shape index (κ3) is 4.18. The van der Waals surface area contributed by atoms with Gasteiger partial charge in [-0.2, -0.15) is 0 Å². The van der Waals surface area contributed by atoms with Crippen LogP contribution in [0, 0.1) is 6.92 Å². The number of hydrogen-bond acceptors (Lipinski definition) is 3. The van der Waals surface area contributed by atoms with Gasteiger partial charge in [0.05, 0.1) is 16.6 Å². The van der Waals surface area contributed by atoms with Gasteiger partial charge in [-0.1, -0.05) is 36.7 Å². The number of anilines is 1. The highest BCUT2D eigenvalue weighted by Gasteiger charge is 2.23. The molecular formula is C21H22ClN3O2S. The smallest absolute Gasteiger partial charge is 0.295 e. The molecule has 7 heteroatoms. The molecule has 1 amide bonds. The van der Waals surface area contributed by atoms with Crippen LogP contribution in [-0.4, -0.2) is 20.5 Å². The molecule has 28 heavy (non-hydrogen) atoms. The summed E-state index contributed by atoms with van der Waals surface area (Å²) in [6.45, 7) is 3.77. The molecule has 2 aromatic carbocycles. The second-order valence-corrected chi connectivity index (χ2v) is 8.11. The van der Waals surface area contributed by atoms with Crippen molar-refractivity contribution in [3.63, 3.8) is 0 Å². The molecule has 1 aromatic heterocycles. The molecule has 0 radical (unpaired) electrons. The number of aromatic nitrogens is 2. The van der Waals surface area contributed by atoms with E-state index in [2.05, 4.69) is 5.32 Å². The fraction of sp³-hybridized carbons (Fsp3) is 0.238. The number of thioether (sulfide) groups is 1. The zero-order chi connectivity index (χ0) is 20.3. The Kier molecular flexibility index (Phi) is 6.31. The Labute approximate surface area is 173 Å². The van der Waals surface area contributed by atoms with Crippen LogP contribution in [-0.2, 0) is 11.8 Å². The molecule has 1 atom stereocenters. The summed E-state index contributed by atoms with van der Waals surface area (Å²) in [5, 5.41) is 3.19. The van der Waals surface area contributed by atoms with Crippen molar-refractivity contribution in [3.8, 4) is 5.69 Å². The van der Waals surface area contributed by atoms with Crippen molar-refractivity contribution < 1.29 is 4.79 Å². The monoisotopic (exact) mass is 415 g/mol. The van der Waals surface area contributed by atoms with Crippen molar-refractivity contribution in [1.29, 1.82) is 0 Å². The number of halogens is 1. The fourth-order valence-corrected chi connectivity index (χ4v) is 4.00. The van der Waals surface area contributed by atoms with Crippen LogP contribution < -0.4 is 10.9 Å². The van der Waals surface area contributed by atoms with Crippen LogP contribution in [0.15, 0.2) is 64.3 Å². The van der Waals surface area contributed by atoms with Crippen molar-refractivity contribution in [2.24, 2.45) is 7.05 Å². The SMILES string of the molecule is CCC(Sc1ccc(Cl)cc1)C(=O)Nc1c(C)n(C)n(-c2ccccc2)c1=O. The average Bonchev–Trinajstić information content (AvgIpc) is 2.91. The molecular weight excluding hydrogens is 394 g/mol.